The minimum atomic E-state index is -1.34. The summed E-state index contributed by atoms with van der Waals surface area (Å²) in [5, 5.41) is 0. The third-order valence-electron chi connectivity index (χ3n) is 7.68. The summed E-state index contributed by atoms with van der Waals surface area (Å²) in [5.74, 6) is -0.580. The van der Waals surface area contributed by atoms with Gasteiger partial charge in [-0.05, 0) is 56.8 Å². The topological polar surface area (TPSA) is 105 Å². The number of imidazole rings is 1. The molecule has 192 valence electrons. The number of methoxy groups -OCH3 is 1. The molecular weight excluding hydrogens is 466 g/mol. The monoisotopic (exact) mass is 499 g/mol. The molecule has 0 spiro atoms. The minimum Gasteiger partial charge on any atom is -0.371 e. The molecule has 1 unspecified atom stereocenters. The van der Waals surface area contributed by atoms with Gasteiger partial charge >= 0.3 is 0 Å². The summed E-state index contributed by atoms with van der Waals surface area (Å²) in [6.45, 7) is 1.99. The number of nitrogens with zero attached hydrogens (tertiary/aromatic N) is 3. The van der Waals surface area contributed by atoms with E-state index in [0.717, 1.165) is 48.2 Å². The fourth-order valence-electron chi connectivity index (χ4n) is 5.39. The van der Waals surface area contributed by atoms with Crippen LogP contribution in [0.3, 0.4) is 0 Å². The Morgan fingerprint density at radius 1 is 1.14 bits per heavy atom. The number of Topliss-reactive ketones (excluding diaryl/α,β-unsaturated/α-hetero) is 1. The van der Waals surface area contributed by atoms with Crippen molar-refractivity contribution in [2.45, 2.75) is 30.9 Å². The van der Waals surface area contributed by atoms with Gasteiger partial charge in [-0.15, -0.1) is 0 Å². The number of H-pyrrole nitrogens is 1. The lowest BCUT2D eigenvalue weighted by Gasteiger charge is -2.36. The molecule has 8 heteroatoms. The molecule has 2 heterocycles. The number of allylic oxidation sites excluding steroid dienone is 2. The van der Waals surface area contributed by atoms with Crippen molar-refractivity contribution in [1.29, 1.82) is 0 Å². The third-order valence-corrected chi connectivity index (χ3v) is 7.68. The van der Waals surface area contributed by atoms with Crippen molar-refractivity contribution < 1.29 is 14.3 Å². The Balaban J connectivity index is 1.43. The third kappa shape index (κ3) is 4.58. The van der Waals surface area contributed by atoms with Crippen molar-refractivity contribution in [3.05, 3.63) is 77.6 Å². The number of primary amides is 1. The number of aromatic nitrogens is 2. The Kier molecular flexibility index (Phi) is 6.70. The second-order valence-electron chi connectivity index (χ2n) is 9.98. The van der Waals surface area contributed by atoms with Crippen molar-refractivity contribution in [2.24, 2.45) is 5.73 Å². The first-order valence-electron chi connectivity index (χ1n) is 12.6. The highest BCUT2D eigenvalue weighted by atomic mass is 16.5. The van der Waals surface area contributed by atoms with E-state index >= 15 is 0 Å². The number of hydrogen-bond donors (Lipinski definition) is 2. The van der Waals surface area contributed by atoms with Crippen molar-refractivity contribution in [3.63, 3.8) is 0 Å². The van der Waals surface area contributed by atoms with Gasteiger partial charge in [-0.2, -0.15) is 0 Å². The predicted octanol–water partition coefficient (Wildman–Crippen LogP) is 3.56. The summed E-state index contributed by atoms with van der Waals surface area (Å²) in [4.78, 5) is 38.5. The summed E-state index contributed by atoms with van der Waals surface area (Å²) < 4.78 is 5.65. The highest BCUT2D eigenvalue weighted by Gasteiger charge is 2.43. The van der Waals surface area contributed by atoms with E-state index in [-0.39, 0.29) is 18.0 Å². The zero-order valence-electron chi connectivity index (χ0n) is 21.5. The van der Waals surface area contributed by atoms with Gasteiger partial charge in [-0.25, -0.2) is 4.98 Å². The van der Waals surface area contributed by atoms with Crippen LogP contribution in [-0.4, -0.2) is 72.5 Å². The number of benzene rings is 2. The lowest BCUT2D eigenvalue weighted by atomic mass is 9.79. The van der Waals surface area contributed by atoms with Gasteiger partial charge in [-0.1, -0.05) is 36.4 Å². The van der Waals surface area contributed by atoms with E-state index in [0.29, 0.717) is 17.2 Å². The Morgan fingerprint density at radius 3 is 2.51 bits per heavy atom. The van der Waals surface area contributed by atoms with Gasteiger partial charge in [0.15, 0.2) is 11.4 Å². The first-order valence-corrected chi connectivity index (χ1v) is 12.6. The number of fused-ring (bicyclic) bond motifs is 1. The molecule has 1 saturated heterocycles. The molecular formula is C29H33N5O3. The zero-order chi connectivity index (χ0) is 26.2. The molecule has 3 N–H and O–H groups in total. The second kappa shape index (κ2) is 9.95. The lowest BCUT2D eigenvalue weighted by Crippen LogP contribution is -2.47. The lowest BCUT2D eigenvalue weighted by molar-refractivity contribution is -0.133. The number of amides is 1. The van der Waals surface area contributed by atoms with E-state index in [2.05, 4.69) is 46.0 Å². The Labute approximate surface area is 216 Å². The summed E-state index contributed by atoms with van der Waals surface area (Å²) >= 11 is 0. The molecule has 0 saturated carbocycles. The molecule has 1 fully saturated rings. The number of nitrogens with two attached hydrogens (primary N) is 1. The number of aromatic amines is 1. The van der Waals surface area contributed by atoms with Crippen LogP contribution in [-0.2, 0) is 9.53 Å². The molecule has 2 aromatic carbocycles. The second-order valence-corrected chi connectivity index (χ2v) is 9.98. The van der Waals surface area contributed by atoms with Gasteiger partial charge in [0.05, 0.1) is 11.0 Å². The Morgan fingerprint density at radius 2 is 1.86 bits per heavy atom. The van der Waals surface area contributed by atoms with Crippen molar-refractivity contribution >= 4 is 34.0 Å². The van der Waals surface area contributed by atoms with Crippen LogP contribution in [0.4, 0.5) is 5.69 Å². The minimum absolute atomic E-state index is 0.161. The summed E-state index contributed by atoms with van der Waals surface area (Å²) in [7, 11) is 5.73. The number of nitrogens with one attached hydrogen (secondary N) is 1. The highest BCUT2D eigenvalue weighted by Crippen LogP contribution is 2.38. The molecule has 37 heavy (non-hydrogen) atoms. The fraction of sp³-hybridized carbons (Fsp3) is 0.345. The van der Waals surface area contributed by atoms with Gasteiger partial charge in [0, 0.05) is 49.5 Å². The quantitative estimate of drug-likeness (QED) is 0.482. The predicted molar refractivity (Wildman–Crippen MR) is 145 cm³/mol. The van der Waals surface area contributed by atoms with Gasteiger partial charge in [-0.3, -0.25) is 9.59 Å². The maximum absolute atomic E-state index is 13.5. The molecule has 1 amide bonds. The molecule has 3 aromatic rings. The van der Waals surface area contributed by atoms with Crippen LogP contribution in [0.15, 0.2) is 66.3 Å². The van der Waals surface area contributed by atoms with E-state index in [1.807, 2.05) is 36.4 Å². The molecule has 1 atom stereocenters. The normalized spacial score (nSPS) is 20.7. The van der Waals surface area contributed by atoms with Gasteiger partial charge < -0.3 is 25.3 Å². The first kappa shape index (κ1) is 24.9. The van der Waals surface area contributed by atoms with Crippen LogP contribution in [0.2, 0.25) is 0 Å². The number of hydrogen-bond acceptors (Lipinski definition) is 6. The van der Waals surface area contributed by atoms with Gasteiger partial charge in [0.25, 0.3) is 5.91 Å². The summed E-state index contributed by atoms with van der Waals surface area (Å²) in [5.41, 5.74) is 8.90. The average molecular weight is 500 g/mol. The van der Waals surface area contributed by atoms with Crippen LogP contribution in [0.1, 0.15) is 35.4 Å². The van der Waals surface area contributed by atoms with Crippen molar-refractivity contribution in [2.75, 3.05) is 39.2 Å². The zero-order valence-corrected chi connectivity index (χ0v) is 21.5. The number of ether oxygens (including phenoxy) is 1. The molecule has 5 rings (SSSR count). The van der Waals surface area contributed by atoms with Crippen LogP contribution in [0.5, 0.6) is 0 Å². The molecule has 0 radical (unpaired) electrons. The number of carbonyl (C=O) groups excluding carboxylic acids is 2. The number of rotatable bonds is 7. The van der Waals surface area contributed by atoms with E-state index < -0.39 is 11.5 Å². The molecule has 1 aromatic heterocycles. The Hall–Kier alpha value is -3.75. The fourth-order valence-corrected chi connectivity index (χ4v) is 5.39. The van der Waals surface area contributed by atoms with E-state index in [1.54, 1.807) is 12.2 Å². The van der Waals surface area contributed by atoms with Gasteiger partial charge in [0.1, 0.15) is 0 Å². The SMILES string of the molecule is COC1(C(N)=O)CC=C(C(=O)c2nc3ccc(N4CCC(N(C)C)CC4)cc3[nH]2)C=C1c1ccccc1. The molecule has 2 aliphatic rings. The largest absolute Gasteiger partial charge is 0.371 e. The van der Waals surface area contributed by atoms with Crippen LogP contribution in [0, 0.1) is 0 Å². The maximum Gasteiger partial charge on any atom is 0.254 e. The molecule has 1 aliphatic carbocycles. The standard InChI is InChI=1S/C29H33N5O3/c1-33(2)21-12-15-34(16-13-21)22-9-10-24-25(18-22)32-27(31-24)26(35)20-11-14-29(37-3,28(30)36)23(17-20)19-7-5-4-6-8-19/h4-11,17-18,21H,12-16H2,1-3H3,(H2,30,36)(H,31,32). The Bertz CT molecular complexity index is 1380. The highest BCUT2D eigenvalue weighted by molar-refractivity contribution is 6.13. The van der Waals surface area contributed by atoms with Crippen molar-refractivity contribution in [1.82, 2.24) is 14.9 Å². The number of piperidine rings is 1. The van der Waals surface area contributed by atoms with Crippen LogP contribution < -0.4 is 10.6 Å². The van der Waals surface area contributed by atoms with Crippen LogP contribution >= 0.6 is 0 Å². The maximum atomic E-state index is 13.5. The van der Waals surface area contributed by atoms with E-state index in [4.69, 9.17) is 10.5 Å². The number of anilines is 1. The molecule has 0 bridgehead atoms. The van der Waals surface area contributed by atoms with Crippen LogP contribution in [0.25, 0.3) is 16.6 Å². The average Bonchev–Trinajstić information content (AvgIpc) is 3.36. The summed E-state index contributed by atoms with van der Waals surface area (Å²) in [6.07, 6.45) is 5.81. The van der Waals surface area contributed by atoms with E-state index in [9.17, 15) is 9.59 Å². The first-order chi connectivity index (χ1) is 17.8. The molecule has 8 nitrogen and oxygen atoms in total. The van der Waals surface area contributed by atoms with Gasteiger partial charge in [0.2, 0.25) is 5.78 Å². The summed E-state index contributed by atoms with van der Waals surface area (Å²) in [6, 6.07) is 16.1. The van der Waals surface area contributed by atoms with E-state index in [1.165, 1.54) is 7.11 Å². The smallest absolute Gasteiger partial charge is 0.254 e. The molecule has 1 aliphatic heterocycles. The number of ketones is 1. The van der Waals surface area contributed by atoms with Crippen molar-refractivity contribution in [3.8, 4) is 0 Å². The number of carbonyl (C=O) groups is 2.